The molecule has 1 aromatic heterocycles. The lowest BCUT2D eigenvalue weighted by molar-refractivity contribution is 0.412. The van der Waals surface area contributed by atoms with Crippen LogP contribution in [0.25, 0.3) is 0 Å². The van der Waals surface area contributed by atoms with E-state index in [2.05, 4.69) is 25.1 Å². The summed E-state index contributed by atoms with van der Waals surface area (Å²) in [5.41, 5.74) is 1.41. The van der Waals surface area contributed by atoms with E-state index < -0.39 is 0 Å². The molecule has 17 heavy (non-hydrogen) atoms. The Kier molecular flexibility index (Phi) is 6.99. The third kappa shape index (κ3) is 5.90. The normalized spacial score (nSPS) is 12.9. The zero-order valence-corrected chi connectivity index (χ0v) is 11.8. The number of unbranched alkanes of at least 4 members (excludes halogenated alkanes) is 3. The Hall–Kier alpha value is -0.790. The smallest absolute Gasteiger partial charge is 0.0521 e. The second-order valence-corrected chi connectivity index (χ2v) is 5.23. The first-order chi connectivity index (χ1) is 8.26. The Morgan fingerprint density at radius 1 is 1.12 bits per heavy atom. The number of hydrogen-bond acceptors (Lipinski definition) is 1. The van der Waals surface area contributed by atoms with Crippen LogP contribution < -0.4 is 0 Å². The molecule has 0 amide bonds. The van der Waals surface area contributed by atoms with Crippen molar-refractivity contribution >= 4 is 0 Å². The van der Waals surface area contributed by atoms with Gasteiger partial charge in [-0.1, -0.05) is 58.8 Å². The second kappa shape index (κ2) is 8.32. The van der Waals surface area contributed by atoms with E-state index in [0.717, 1.165) is 5.92 Å². The molecule has 1 rings (SSSR count). The fourth-order valence-electron chi connectivity index (χ4n) is 2.43. The highest BCUT2D eigenvalue weighted by Crippen LogP contribution is 2.21. The molecule has 1 atom stereocenters. The Balaban J connectivity index is 2.38. The van der Waals surface area contributed by atoms with Crippen LogP contribution >= 0.6 is 0 Å². The van der Waals surface area contributed by atoms with E-state index in [1.807, 2.05) is 17.9 Å². The molecule has 0 radical (unpaired) electrons. The Morgan fingerprint density at radius 3 is 2.41 bits per heavy atom. The van der Waals surface area contributed by atoms with Crippen molar-refractivity contribution in [3.8, 4) is 0 Å². The summed E-state index contributed by atoms with van der Waals surface area (Å²) in [5.74, 6) is 0.866. The second-order valence-electron chi connectivity index (χ2n) is 5.23. The van der Waals surface area contributed by atoms with Gasteiger partial charge in [0.2, 0.25) is 0 Å². The molecule has 0 saturated heterocycles. The van der Waals surface area contributed by atoms with Gasteiger partial charge < -0.3 is 0 Å². The molecular weight excluding hydrogens is 208 g/mol. The molecule has 0 fully saturated rings. The molecule has 1 heterocycles. The van der Waals surface area contributed by atoms with Crippen LogP contribution in [-0.2, 0) is 13.5 Å². The van der Waals surface area contributed by atoms with E-state index in [0.29, 0.717) is 0 Å². The minimum atomic E-state index is 0.866. The van der Waals surface area contributed by atoms with Crippen molar-refractivity contribution in [2.75, 3.05) is 0 Å². The van der Waals surface area contributed by atoms with Gasteiger partial charge in [0.25, 0.3) is 0 Å². The molecule has 0 aliphatic rings. The van der Waals surface area contributed by atoms with Gasteiger partial charge in [-0.05, 0) is 17.9 Å². The summed E-state index contributed by atoms with van der Waals surface area (Å²) in [6.07, 6.45) is 15.0. The molecule has 2 nitrogen and oxygen atoms in total. The predicted octanol–water partition coefficient (Wildman–Crippen LogP) is 4.35. The average Bonchev–Trinajstić information content (AvgIpc) is 2.72. The van der Waals surface area contributed by atoms with Crippen molar-refractivity contribution in [2.24, 2.45) is 13.0 Å². The van der Waals surface area contributed by atoms with Gasteiger partial charge in [-0.2, -0.15) is 5.10 Å². The molecule has 0 aromatic carbocycles. The first-order valence-corrected chi connectivity index (χ1v) is 7.23. The molecule has 0 spiro atoms. The topological polar surface area (TPSA) is 17.8 Å². The summed E-state index contributed by atoms with van der Waals surface area (Å²) >= 11 is 0. The lowest BCUT2D eigenvalue weighted by Crippen LogP contribution is -2.04. The lowest BCUT2D eigenvalue weighted by atomic mass is 9.90. The average molecular weight is 236 g/mol. The fourth-order valence-corrected chi connectivity index (χ4v) is 2.43. The predicted molar refractivity (Wildman–Crippen MR) is 74.1 cm³/mol. The van der Waals surface area contributed by atoms with Crippen molar-refractivity contribution < 1.29 is 0 Å². The Labute approximate surface area is 106 Å². The first kappa shape index (κ1) is 14.3. The molecule has 0 saturated carbocycles. The highest BCUT2D eigenvalue weighted by atomic mass is 15.2. The van der Waals surface area contributed by atoms with E-state index >= 15 is 0 Å². The van der Waals surface area contributed by atoms with Gasteiger partial charge in [-0.3, -0.25) is 4.68 Å². The van der Waals surface area contributed by atoms with E-state index in [1.54, 1.807) is 0 Å². The maximum absolute atomic E-state index is 4.26. The first-order valence-electron chi connectivity index (χ1n) is 7.23. The minimum absolute atomic E-state index is 0.866. The van der Waals surface area contributed by atoms with E-state index in [9.17, 15) is 0 Å². The van der Waals surface area contributed by atoms with Gasteiger partial charge in [0.05, 0.1) is 6.20 Å². The molecule has 0 N–H and O–H groups in total. The third-order valence-electron chi connectivity index (χ3n) is 3.46. The molecule has 1 aromatic rings. The monoisotopic (exact) mass is 236 g/mol. The summed E-state index contributed by atoms with van der Waals surface area (Å²) in [5, 5.41) is 4.26. The SMILES string of the molecule is CCCCCC(CCCC)Cc1cnn(C)c1. The molecule has 0 aliphatic heterocycles. The van der Waals surface area contributed by atoms with Gasteiger partial charge >= 0.3 is 0 Å². The van der Waals surface area contributed by atoms with Crippen LogP contribution in [0.1, 0.15) is 64.4 Å². The van der Waals surface area contributed by atoms with Gasteiger partial charge in [-0.25, -0.2) is 0 Å². The van der Waals surface area contributed by atoms with E-state index in [-0.39, 0.29) is 0 Å². The van der Waals surface area contributed by atoms with Crippen molar-refractivity contribution in [3.05, 3.63) is 18.0 Å². The largest absolute Gasteiger partial charge is 0.276 e. The van der Waals surface area contributed by atoms with Gasteiger partial charge in [0.1, 0.15) is 0 Å². The third-order valence-corrected chi connectivity index (χ3v) is 3.46. The van der Waals surface area contributed by atoms with Crippen LogP contribution in [0.5, 0.6) is 0 Å². The van der Waals surface area contributed by atoms with E-state index in [4.69, 9.17) is 0 Å². The van der Waals surface area contributed by atoms with E-state index in [1.165, 1.54) is 56.9 Å². The zero-order valence-electron chi connectivity index (χ0n) is 11.8. The van der Waals surface area contributed by atoms with Crippen LogP contribution in [0.4, 0.5) is 0 Å². The van der Waals surface area contributed by atoms with Gasteiger partial charge in [0, 0.05) is 13.2 Å². The zero-order chi connectivity index (χ0) is 12.5. The number of rotatable bonds is 9. The summed E-state index contributed by atoms with van der Waals surface area (Å²) in [6, 6.07) is 0. The molecular formula is C15H28N2. The molecule has 2 heteroatoms. The summed E-state index contributed by atoms with van der Waals surface area (Å²) in [6.45, 7) is 4.56. The van der Waals surface area contributed by atoms with Crippen molar-refractivity contribution in [3.63, 3.8) is 0 Å². The van der Waals surface area contributed by atoms with Crippen LogP contribution in [0.2, 0.25) is 0 Å². The highest BCUT2D eigenvalue weighted by Gasteiger charge is 2.10. The van der Waals surface area contributed by atoms with Crippen molar-refractivity contribution in [1.82, 2.24) is 9.78 Å². The number of hydrogen-bond donors (Lipinski definition) is 0. The van der Waals surface area contributed by atoms with Crippen LogP contribution in [-0.4, -0.2) is 9.78 Å². The molecule has 0 bridgehead atoms. The standard InChI is InChI=1S/C15H28N2/c1-4-6-8-10-14(9-7-5-2)11-15-12-16-17(3)13-15/h12-14H,4-11H2,1-3H3. The fraction of sp³-hybridized carbons (Fsp3) is 0.800. The highest BCUT2D eigenvalue weighted by molar-refractivity contribution is 5.04. The van der Waals surface area contributed by atoms with Crippen molar-refractivity contribution in [2.45, 2.75) is 65.2 Å². The Bertz CT molecular complexity index is 291. The van der Waals surface area contributed by atoms with Crippen LogP contribution in [0.15, 0.2) is 12.4 Å². The number of aromatic nitrogens is 2. The maximum atomic E-state index is 4.26. The quantitative estimate of drug-likeness (QED) is 0.583. The summed E-state index contributed by atoms with van der Waals surface area (Å²) in [7, 11) is 2.00. The summed E-state index contributed by atoms with van der Waals surface area (Å²) in [4.78, 5) is 0. The summed E-state index contributed by atoms with van der Waals surface area (Å²) < 4.78 is 1.91. The van der Waals surface area contributed by atoms with Crippen LogP contribution in [0, 0.1) is 5.92 Å². The molecule has 0 aliphatic carbocycles. The minimum Gasteiger partial charge on any atom is -0.276 e. The van der Waals surface area contributed by atoms with Gasteiger partial charge in [0.15, 0.2) is 0 Å². The molecule has 1 unspecified atom stereocenters. The lowest BCUT2D eigenvalue weighted by Gasteiger charge is -2.15. The van der Waals surface area contributed by atoms with Gasteiger partial charge in [-0.15, -0.1) is 0 Å². The number of aryl methyl sites for hydroxylation is 1. The molecule has 98 valence electrons. The number of nitrogens with zero attached hydrogens (tertiary/aromatic N) is 2. The Morgan fingerprint density at radius 2 is 1.82 bits per heavy atom. The van der Waals surface area contributed by atoms with Crippen LogP contribution in [0.3, 0.4) is 0 Å². The van der Waals surface area contributed by atoms with Crippen molar-refractivity contribution in [1.29, 1.82) is 0 Å². The maximum Gasteiger partial charge on any atom is 0.0521 e.